The molecule has 2 N–H and O–H groups in total. The molecular weight excluding hydrogens is 360 g/mol. The number of carboxylic acid groups (broad SMARTS) is 1. The average molecular weight is 382 g/mol. The number of hydrogen-bond donors (Lipinski definition) is 2. The lowest BCUT2D eigenvalue weighted by molar-refractivity contribution is -0.141. The molecule has 3 aromatic rings. The maximum atomic E-state index is 13.0. The highest BCUT2D eigenvalue weighted by atomic mass is 16.5. The number of nitrogens with zero attached hydrogens (tertiary/aromatic N) is 3. The number of imidazole rings is 1. The molecule has 1 fully saturated rings. The molecule has 8 heteroatoms. The molecule has 2 atom stereocenters. The summed E-state index contributed by atoms with van der Waals surface area (Å²) in [4.78, 5) is 36.3. The predicted octanol–water partition coefficient (Wildman–Crippen LogP) is 3.29. The predicted molar refractivity (Wildman–Crippen MR) is 103 cm³/mol. The Bertz CT molecular complexity index is 1060. The Kier molecular flexibility index (Phi) is 4.85. The Hall–Kier alpha value is -3.16. The van der Waals surface area contributed by atoms with E-state index in [9.17, 15) is 14.7 Å². The van der Waals surface area contributed by atoms with Gasteiger partial charge in [-0.15, -0.1) is 0 Å². The number of rotatable bonds is 6. The molecule has 28 heavy (non-hydrogen) atoms. The molecule has 1 aromatic carbocycles. The number of hydrogen-bond acceptors (Lipinski definition) is 5. The van der Waals surface area contributed by atoms with Gasteiger partial charge in [-0.25, -0.2) is 4.98 Å². The first-order chi connectivity index (χ1) is 13.6. The number of aliphatic carboxylic acids is 1. The van der Waals surface area contributed by atoms with Crippen LogP contribution in [0.25, 0.3) is 11.2 Å². The summed E-state index contributed by atoms with van der Waals surface area (Å²) < 4.78 is 7.36. The normalized spacial score (nSPS) is 19.2. The quantitative estimate of drug-likeness (QED) is 0.677. The maximum absolute atomic E-state index is 13.0. The molecule has 1 saturated carbocycles. The SMILES string of the molecule is CCCn1c(Oc2ccccc2)nc2nc(C3CCC(C(=O)O)C3)[nH]c2c1=O. The van der Waals surface area contributed by atoms with E-state index in [4.69, 9.17) is 4.74 Å². The molecule has 4 rings (SSSR count). The first kappa shape index (κ1) is 18.2. The lowest BCUT2D eigenvalue weighted by atomic mass is 10.0. The van der Waals surface area contributed by atoms with Crippen LogP contribution in [0.2, 0.25) is 0 Å². The van der Waals surface area contributed by atoms with Crippen LogP contribution in [-0.2, 0) is 11.3 Å². The highest BCUT2D eigenvalue weighted by molar-refractivity contribution is 5.71. The fourth-order valence-electron chi connectivity index (χ4n) is 3.72. The molecule has 0 saturated heterocycles. The van der Waals surface area contributed by atoms with Crippen LogP contribution >= 0.6 is 0 Å². The molecule has 0 radical (unpaired) electrons. The fraction of sp³-hybridized carbons (Fsp3) is 0.400. The zero-order valence-corrected chi connectivity index (χ0v) is 15.6. The van der Waals surface area contributed by atoms with E-state index in [0.29, 0.717) is 42.1 Å². The van der Waals surface area contributed by atoms with Gasteiger partial charge < -0.3 is 14.8 Å². The Morgan fingerprint density at radius 2 is 2.07 bits per heavy atom. The number of carboxylic acids is 1. The fourth-order valence-corrected chi connectivity index (χ4v) is 3.72. The summed E-state index contributed by atoms with van der Waals surface area (Å²) in [5, 5.41) is 9.22. The van der Waals surface area contributed by atoms with Crippen molar-refractivity contribution < 1.29 is 14.6 Å². The number of nitrogens with one attached hydrogen (secondary N) is 1. The lowest BCUT2D eigenvalue weighted by Crippen LogP contribution is -2.23. The van der Waals surface area contributed by atoms with Gasteiger partial charge in [-0.3, -0.25) is 14.2 Å². The van der Waals surface area contributed by atoms with Crippen molar-refractivity contribution in [3.05, 3.63) is 46.5 Å². The summed E-state index contributed by atoms with van der Waals surface area (Å²) in [5.74, 6) is 0.0750. The van der Waals surface area contributed by atoms with Crippen molar-refractivity contribution in [2.24, 2.45) is 5.92 Å². The van der Waals surface area contributed by atoms with Gasteiger partial charge in [0.05, 0.1) is 5.92 Å². The number of fused-ring (bicyclic) bond motifs is 1. The van der Waals surface area contributed by atoms with Gasteiger partial charge in [-0.2, -0.15) is 4.98 Å². The first-order valence-electron chi connectivity index (χ1n) is 9.53. The minimum atomic E-state index is -0.777. The molecule has 146 valence electrons. The van der Waals surface area contributed by atoms with Gasteiger partial charge in [0.1, 0.15) is 11.6 Å². The highest BCUT2D eigenvalue weighted by Crippen LogP contribution is 2.37. The first-order valence-corrected chi connectivity index (χ1v) is 9.53. The third-order valence-corrected chi connectivity index (χ3v) is 5.16. The van der Waals surface area contributed by atoms with Gasteiger partial charge in [0, 0.05) is 12.5 Å². The third kappa shape index (κ3) is 3.37. The monoisotopic (exact) mass is 382 g/mol. The summed E-state index contributed by atoms with van der Waals surface area (Å²) in [7, 11) is 0. The van der Waals surface area contributed by atoms with Crippen LogP contribution in [0.1, 0.15) is 44.3 Å². The van der Waals surface area contributed by atoms with Crippen LogP contribution in [-0.4, -0.2) is 30.6 Å². The Balaban J connectivity index is 1.73. The minimum absolute atomic E-state index is 0.00665. The highest BCUT2D eigenvalue weighted by Gasteiger charge is 2.32. The number of ether oxygens (including phenoxy) is 1. The molecule has 0 amide bonds. The van der Waals surface area contributed by atoms with E-state index in [1.54, 1.807) is 12.1 Å². The number of aromatic amines is 1. The van der Waals surface area contributed by atoms with Gasteiger partial charge in [-0.1, -0.05) is 25.1 Å². The van der Waals surface area contributed by atoms with Crippen LogP contribution < -0.4 is 10.3 Å². The van der Waals surface area contributed by atoms with Crippen LogP contribution in [0.4, 0.5) is 0 Å². The van der Waals surface area contributed by atoms with Crippen LogP contribution in [0, 0.1) is 5.92 Å². The van der Waals surface area contributed by atoms with E-state index in [1.807, 2.05) is 25.1 Å². The molecule has 1 aliphatic rings. The molecule has 1 aliphatic carbocycles. The van der Waals surface area contributed by atoms with E-state index in [2.05, 4.69) is 15.0 Å². The summed E-state index contributed by atoms with van der Waals surface area (Å²) in [5.41, 5.74) is 0.406. The number of H-pyrrole nitrogens is 1. The van der Waals surface area contributed by atoms with E-state index in [-0.39, 0.29) is 23.4 Å². The van der Waals surface area contributed by atoms with Crippen LogP contribution in [0.15, 0.2) is 35.1 Å². The second kappa shape index (κ2) is 7.46. The van der Waals surface area contributed by atoms with Gasteiger partial charge in [0.25, 0.3) is 5.56 Å². The number of aromatic nitrogens is 4. The van der Waals surface area contributed by atoms with E-state index in [0.717, 1.165) is 12.8 Å². The zero-order chi connectivity index (χ0) is 19.7. The van der Waals surface area contributed by atoms with E-state index in [1.165, 1.54) is 4.57 Å². The second-order valence-corrected chi connectivity index (χ2v) is 7.13. The Morgan fingerprint density at radius 1 is 1.29 bits per heavy atom. The van der Waals surface area contributed by atoms with Gasteiger partial charge in [-0.05, 0) is 37.8 Å². The van der Waals surface area contributed by atoms with Gasteiger partial charge in [0.15, 0.2) is 11.2 Å². The number of benzene rings is 1. The maximum Gasteiger partial charge on any atom is 0.306 e. The standard InChI is InChI=1S/C20H22N4O4/c1-2-10-24-18(25)15-17(23-20(24)28-14-6-4-3-5-7-14)22-16(21-15)12-8-9-13(11-12)19(26)27/h3-7,12-13H,2,8-11H2,1H3,(H,21,22)(H,26,27). The van der Waals surface area contributed by atoms with Crippen molar-refractivity contribution in [2.45, 2.75) is 45.1 Å². The van der Waals surface area contributed by atoms with Crippen molar-refractivity contribution >= 4 is 17.1 Å². The minimum Gasteiger partial charge on any atom is -0.481 e. The van der Waals surface area contributed by atoms with Crippen molar-refractivity contribution in [3.63, 3.8) is 0 Å². The molecular formula is C20H22N4O4. The van der Waals surface area contributed by atoms with Gasteiger partial charge >= 0.3 is 12.0 Å². The Morgan fingerprint density at radius 3 is 2.75 bits per heavy atom. The molecule has 0 spiro atoms. The van der Waals surface area contributed by atoms with Crippen molar-refractivity contribution in [1.82, 2.24) is 19.5 Å². The van der Waals surface area contributed by atoms with Crippen molar-refractivity contribution in [2.75, 3.05) is 0 Å². The molecule has 2 heterocycles. The smallest absolute Gasteiger partial charge is 0.306 e. The van der Waals surface area contributed by atoms with E-state index >= 15 is 0 Å². The summed E-state index contributed by atoms with van der Waals surface area (Å²) in [6.07, 6.45) is 2.62. The second-order valence-electron chi connectivity index (χ2n) is 7.13. The zero-order valence-electron chi connectivity index (χ0n) is 15.6. The lowest BCUT2D eigenvalue weighted by Gasteiger charge is -2.11. The number of para-hydroxylation sites is 1. The summed E-state index contributed by atoms with van der Waals surface area (Å²) in [6.45, 7) is 2.45. The van der Waals surface area contributed by atoms with Gasteiger partial charge in [0.2, 0.25) is 0 Å². The average Bonchev–Trinajstić information content (AvgIpc) is 3.33. The molecule has 0 aliphatic heterocycles. The number of carbonyl (C=O) groups is 1. The largest absolute Gasteiger partial charge is 0.481 e. The molecule has 2 aromatic heterocycles. The molecule has 0 bridgehead atoms. The van der Waals surface area contributed by atoms with Crippen LogP contribution in [0.5, 0.6) is 11.8 Å². The van der Waals surface area contributed by atoms with Crippen molar-refractivity contribution in [1.29, 1.82) is 0 Å². The third-order valence-electron chi connectivity index (χ3n) is 5.16. The van der Waals surface area contributed by atoms with Crippen molar-refractivity contribution in [3.8, 4) is 11.8 Å². The molecule has 8 nitrogen and oxygen atoms in total. The molecule has 2 unspecified atom stereocenters. The Labute approximate surface area is 161 Å². The summed E-state index contributed by atoms with van der Waals surface area (Å²) >= 11 is 0. The van der Waals surface area contributed by atoms with Crippen LogP contribution in [0.3, 0.4) is 0 Å². The topological polar surface area (TPSA) is 110 Å². The van der Waals surface area contributed by atoms with E-state index < -0.39 is 5.97 Å². The summed E-state index contributed by atoms with van der Waals surface area (Å²) in [6, 6.07) is 9.39.